The Morgan fingerprint density at radius 2 is 1.87 bits per heavy atom. The minimum absolute atomic E-state index is 0.759. The molecular formula is C10H11N5. The highest BCUT2D eigenvalue weighted by molar-refractivity contribution is 5.69. The number of anilines is 1. The van der Waals surface area contributed by atoms with Crippen LogP contribution < -0.4 is 5.32 Å². The van der Waals surface area contributed by atoms with Crippen molar-refractivity contribution in [3.63, 3.8) is 0 Å². The van der Waals surface area contributed by atoms with E-state index in [-0.39, 0.29) is 0 Å². The minimum atomic E-state index is 0.759. The SMILES string of the molecule is CCNc1nccnc1-c1cncnc1. The maximum absolute atomic E-state index is 4.26. The van der Waals surface area contributed by atoms with Gasteiger partial charge in [0.1, 0.15) is 12.0 Å². The molecule has 0 atom stereocenters. The fraction of sp³-hybridized carbons (Fsp3) is 0.200. The van der Waals surface area contributed by atoms with E-state index in [1.165, 1.54) is 6.33 Å². The van der Waals surface area contributed by atoms with Crippen LogP contribution in [0.25, 0.3) is 11.3 Å². The van der Waals surface area contributed by atoms with Crippen molar-refractivity contribution >= 4 is 5.82 Å². The Hall–Kier alpha value is -2.04. The van der Waals surface area contributed by atoms with Gasteiger partial charge in [-0.1, -0.05) is 0 Å². The molecule has 2 heterocycles. The van der Waals surface area contributed by atoms with Gasteiger partial charge in [0.15, 0.2) is 5.82 Å². The van der Waals surface area contributed by atoms with Crippen LogP contribution in [0.2, 0.25) is 0 Å². The molecule has 0 fully saturated rings. The van der Waals surface area contributed by atoms with Crippen LogP contribution in [0, 0.1) is 0 Å². The molecule has 0 aliphatic heterocycles. The van der Waals surface area contributed by atoms with E-state index in [9.17, 15) is 0 Å². The number of nitrogens with one attached hydrogen (secondary N) is 1. The van der Waals surface area contributed by atoms with E-state index in [0.29, 0.717) is 0 Å². The lowest BCUT2D eigenvalue weighted by molar-refractivity contribution is 1.11. The lowest BCUT2D eigenvalue weighted by Gasteiger charge is -2.06. The summed E-state index contributed by atoms with van der Waals surface area (Å²) in [7, 11) is 0. The van der Waals surface area contributed by atoms with Gasteiger partial charge in [0.2, 0.25) is 0 Å². The Morgan fingerprint density at radius 3 is 2.60 bits per heavy atom. The number of hydrogen-bond donors (Lipinski definition) is 1. The Kier molecular flexibility index (Phi) is 2.82. The number of nitrogens with zero attached hydrogens (tertiary/aromatic N) is 4. The molecule has 0 bridgehead atoms. The highest BCUT2D eigenvalue weighted by Crippen LogP contribution is 2.20. The van der Waals surface area contributed by atoms with E-state index in [2.05, 4.69) is 25.3 Å². The standard InChI is InChI=1S/C10H11N5/c1-2-13-10-9(14-3-4-15-10)8-5-11-7-12-6-8/h3-7H,2H2,1H3,(H,13,15). The molecule has 0 aliphatic rings. The first kappa shape index (κ1) is 9.51. The van der Waals surface area contributed by atoms with Gasteiger partial charge < -0.3 is 5.32 Å². The summed E-state index contributed by atoms with van der Waals surface area (Å²) in [6.07, 6.45) is 8.25. The second-order valence-electron chi connectivity index (χ2n) is 2.91. The van der Waals surface area contributed by atoms with Crippen LogP contribution in [-0.2, 0) is 0 Å². The van der Waals surface area contributed by atoms with Gasteiger partial charge in [0.25, 0.3) is 0 Å². The van der Waals surface area contributed by atoms with Crippen molar-refractivity contribution in [3.8, 4) is 11.3 Å². The third-order valence-corrected chi connectivity index (χ3v) is 1.88. The summed E-state index contributed by atoms with van der Waals surface area (Å²) in [5.41, 5.74) is 1.64. The topological polar surface area (TPSA) is 63.6 Å². The molecule has 0 saturated carbocycles. The van der Waals surface area contributed by atoms with Gasteiger partial charge in [-0.05, 0) is 6.92 Å². The quantitative estimate of drug-likeness (QED) is 0.812. The highest BCUT2D eigenvalue weighted by atomic mass is 15.0. The third-order valence-electron chi connectivity index (χ3n) is 1.88. The summed E-state index contributed by atoms with van der Waals surface area (Å²) in [4.78, 5) is 16.4. The van der Waals surface area contributed by atoms with Crippen molar-refractivity contribution in [1.82, 2.24) is 19.9 Å². The first-order valence-corrected chi connectivity index (χ1v) is 4.72. The molecule has 0 unspecified atom stereocenters. The molecule has 5 heteroatoms. The molecule has 0 radical (unpaired) electrons. The van der Waals surface area contributed by atoms with Crippen LogP contribution in [-0.4, -0.2) is 26.5 Å². The first-order valence-electron chi connectivity index (χ1n) is 4.72. The van der Waals surface area contributed by atoms with Crippen LogP contribution >= 0.6 is 0 Å². The Balaban J connectivity index is 2.43. The molecule has 0 saturated heterocycles. The smallest absolute Gasteiger partial charge is 0.152 e. The maximum atomic E-state index is 4.26. The monoisotopic (exact) mass is 201 g/mol. The normalized spacial score (nSPS) is 9.93. The predicted octanol–water partition coefficient (Wildman–Crippen LogP) is 1.37. The zero-order valence-electron chi connectivity index (χ0n) is 8.38. The molecule has 5 nitrogen and oxygen atoms in total. The van der Waals surface area contributed by atoms with Crippen molar-refractivity contribution in [2.24, 2.45) is 0 Å². The van der Waals surface area contributed by atoms with Crippen LogP contribution in [0.15, 0.2) is 31.1 Å². The average Bonchev–Trinajstić information content (AvgIpc) is 2.31. The zero-order chi connectivity index (χ0) is 10.5. The highest BCUT2D eigenvalue weighted by Gasteiger charge is 2.06. The summed E-state index contributed by atoms with van der Waals surface area (Å²) >= 11 is 0. The summed E-state index contributed by atoms with van der Waals surface area (Å²) in [5.74, 6) is 0.759. The third kappa shape index (κ3) is 2.07. The van der Waals surface area contributed by atoms with Crippen molar-refractivity contribution < 1.29 is 0 Å². The van der Waals surface area contributed by atoms with Gasteiger partial charge in [-0.15, -0.1) is 0 Å². The van der Waals surface area contributed by atoms with Crippen LogP contribution in [0.1, 0.15) is 6.92 Å². The fourth-order valence-corrected chi connectivity index (χ4v) is 1.27. The van der Waals surface area contributed by atoms with Crippen molar-refractivity contribution in [3.05, 3.63) is 31.1 Å². The molecule has 15 heavy (non-hydrogen) atoms. The zero-order valence-corrected chi connectivity index (χ0v) is 8.38. The van der Waals surface area contributed by atoms with E-state index in [1.54, 1.807) is 24.8 Å². The van der Waals surface area contributed by atoms with Gasteiger partial charge in [-0.2, -0.15) is 0 Å². The Labute approximate surface area is 87.6 Å². The van der Waals surface area contributed by atoms with E-state index in [0.717, 1.165) is 23.6 Å². The lowest BCUT2D eigenvalue weighted by Crippen LogP contribution is -2.02. The van der Waals surface area contributed by atoms with E-state index in [4.69, 9.17) is 0 Å². The minimum Gasteiger partial charge on any atom is -0.369 e. The van der Waals surface area contributed by atoms with Crippen molar-refractivity contribution in [2.45, 2.75) is 6.92 Å². The van der Waals surface area contributed by atoms with E-state index in [1.807, 2.05) is 6.92 Å². The van der Waals surface area contributed by atoms with Gasteiger partial charge >= 0.3 is 0 Å². The van der Waals surface area contributed by atoms with Crippen LogP contribution in [0.4, 0.5) is 5.82 Å². The number of aromatic nitrogens is 4. The van der Waals surface area contributed by atoms with E-state index < -0.39 is 0 Å². The molecule has 1 N–H and O–H groups in total. The van der Waals surface area contributed by atoms with E-state index >= 15 is 0 Å². The molecule has 2 aromatic rings. The largest absolute Gasteiger partial charge is 0.369 e. The van der Waals surface area contributed by atoms with Crippen molar-refractivity contribution in [1.29, 1.82) is 0 Å². The molecule has 0 aliphatic carbocycles. The van der Waals surface area contributed by atoms with Crippen LogP contribution in [0.3, 0.4) is 0 Å². The number of rotatable bonds is 3. The van der Waals surface area contributed by atoms with Gasteiger partial charge in [-0.3, -0.25) is 4.98 Å². The second-order valence-corrected chi connectivity index (χ2v) is 2.91. The molecule has 2 rings (SSSR count). The molecule has 0 aromatic carbocycles. The molecule has 0 spiro atoms. The lowest BCUT2D eigenvalue weighted by atomic mass is 10.2. The molecule has 76 valence electrons. The average molecular weight is 201 g/mol. The fourth-order valence-electron chi connectivity index (χ4n) is 1.27. The first-order chi connectivity index (χ1) is 7.42. The Bertz CT molecular complexity index is 429. The molecule has 2 aromatic heterocycles. The summed E-state index contributed by atoms with van der Waals surface area (Å²) in [6.45, 7) is 2.82. The summed E-state index contributed by atoms with van der Waals surface area (Å²) in [6, 6.07) is 0. The maximum Gasteiger partial charge on any atom is 0.152 e. The summed E-state index contributed by atoms with van der Waals surface area (Å²) in [5, 5.41) is 3.15. The number of hydrogen-bond acceptors (Lipinski definition) is 5. The molecule has 0 amide bonds. The predicted molar refractivity (Wildman–Crippen MR) is 57.2 cm³/mol. The van der Waals surface area contributed by atoms with Crippen LogP contribution in [0.5, 0.6) is 0 Å². The van der Waals surface area contributed by atoms with Gasteiger partial charge in [0.05, 0.1) is 0 Å². The van der Waals surface area contributed by atoms with Crippen molar-refractivity contribution in [2.75, 3.05) is 11.9 Å². The van der Waals surface area contributed by atoms with Gasteiger partial charge in [-0.25, -0.2) is 15.0 Å². The second kappa shape index (κ2) is 4.45. The Morgan fingerprint density at radius 1 is 1.13 bits per heavy atom. The molecular weight excluding hydrogens is 190 g/mol. The van der Waals surface area contributed by atoms with Gasteiger partial charge in [0, 0.05) is 36.9 Å². The summed E-state index contributed by atoms with van der Waals surface area (Å²) < 4.78 is 0.